The van der Waals surface area contributed by atoms with E-state index in [0.717, 1.165) is 19.6 Å². The molecule has 0 unspecified atom stereocenters. The molecule has 0 bridgehead atoms. The Balaban J connectivity index is 2.66. The Morgan fingerprint density at radius 3 is 2.78 bits per heavy atom. The van der Waals surface area contributed by atoms with Gasteiger partial charge in [0.2, 0.25) is 0 Å². The van der Waals surface area contributed by atoms with Gasteiger partial charge in [0, 0.05) is 20.3 Å². The van der Waals surface area contributed by atoms with E-state index in [0.29, 0.717) is 6.61 Å². The maximum Gasteiger partial charge on any atom is 0.0644 e. The van der Waals surface area contributed by atoms with Crippen LogP contribution in [-0.2, 0) is 9.47 Å². The van der Waals surface area contributed by atoms with Crippen molar-refractivity contribution >= 4 is 0 Å². The van der Waals surface area contributed by atoms with Gasteiger partial charge in [0.25, 0.3) is 0 Å². The van der Waals surface area contributed by atoms with Gasteiger partial charge in [0.15, 0.2) is 0 Å². The van der Waals surface area contributed by atoms with Crippen LogP contribution in [0, 0.1) is 0 Å². The molecule has 0 aliphatic rings. The summed E-state index contributed by atoms with van der Waals surface area (Å²) < 4.78 is 9.90. The summed E-state index contributed by atoms with van der Waals surface area (Å²) in [5, 5.41) is 0. The molecule has 0 saturated carbocycles. The predicted octanol–water partition coefficient (Wildman–Crippen LogP) is 1.23. The Bertz CT molecular complexity index is 61.9. The first-order valence-corrected chi connectivity index (χ1v) is 3.09. The van der Waals surface area contributed by atoms with E-state index in [4.69, 9.17) is 9.47 Å². The summed E-state index contributed by atoms with van der Waals surface area (Å²) in [4.78, 5) is 0. The smallest absolute Gasteiger partial charge is 0.0644 e. The first-order chi connectivity index (χ1) is 4.41. The second kappa shape index (κ2) is 7.66. The zero-order valence-electron chi connectivity index (χ0n) is 5.93. The lowest BCUT2D eigenvalue weighted by Gasteiger charge is -1.98. The highest BCUT2D eigenvalue weighted by Crippen LogP contribution is 1.82. The van der Waals surface area contributed by atoms with Crippen molar-refractivity contribution in [2.45, 2.75) is 6.42 Å². The molecule has 9 heavy (non-hydrogen) atoms. The summed E-state index contributed by atoms with van der Waals surface area (Å²) in [6.07, 6.45) is 2.71. The van der Waals surface area contributed by atoms with Crippen LogP contribution in [0.15, 0.2) is 12.7 Å². The molecule has 0 radical (unpaired) electrons. The van der Waals surface area contributed by atoms with Gasteiger partial charge in [0.05, 0.1) is 6.61 Å². The SMILES string of the molecule is C=CCOCCCOC. The molecule has 0 aromatic carbocycles. The number of hydrogen-bond acceptors (Lipinski definition) is 2. The van der Waals surface area contributed by atoms with Gasteiger partial charge < -0.3 is 9.47 Å². The summed E-state index contributed by atoms with van der Waals surface area (Å²) in [5.41, 5.74) is 0. The van der Waals surface area contributed by atoms with Crippen molar-refractivity contribution in [3.8, 4) is 0 Å². The monoisotopic (exact) mass is 130 g/mol. The summed E-state index contributed by atoms with van der Waals surface area (Å²) in [7, 11) is 1.69. The average molecular weight is 130 g/mol. The van der Waals surface area contributed by atoms with E-state index in [2.05, 4.69) is 6.58 Å². The highest BCUT2D eigenvalue weighted by molar-refractivity contribution is 4.63. The highest BCUT2D eigenvalue weighted by Gasteiger charge is 1.83. The van der Waals surface area contributed by atoms with Crippen molar-refractivity contribution in [3.05, 3.63) is 12.7 Å². The third-order valence-electron chi connectivity index (χ3n) is 0.873. The molecule has 0 rings (SSSR count). The third-order valence-corrected chi connectivity index (χ3v) is 0.873. The van der Waals surface area contributed by atoms with Crippen LogP contribution in [-0.4, -0.2) is 26.9 Å². The highest BCUT2D eigenvalue weighted by atomic mass is 16.5. The van der Waals surface area contributed by atoms with E-state index in [9.17, 15) is 0 Å². The Labute approximate surface area is 56.5 Å². The van der Waals surface area contributed by atoms with Crippen molar-refractivity contribution in [1.82, 2.24) is 0 Å². The fourth-order valence-electron chi connectivity index (χ4n) is 0.472. The Hall–Kier alpha value is -0.340. The Morgan fingerprint density at radius 1 is 1.44 bits per heavy atom. The van der Waals surface area contributed by atoms with Crippen molar-refractivity contribution in [2.24, 2.45) is 0 Å². The lowest BCUT2D eigenvalue weighted by atomic mass is 10.5. The molecule has 0 N–H and O–H groups in total. The van der Waals surface area contributed by atoms with Crippen LogP contribution < -0.4 is 0 Å². The molecule has 0 aliphatic heterocycles. The fourth-order valence-corrected chi connectivity index (χ4v) is 0.472. The first-order valence-electron chi connectivity index (χ1n) is 3.09. The van der Waals surface area contributed by atoms with Gasteiger partial charge in [0.1, 0.15) is 0 Å². The number of rotatable bonds is 6. The molecule has 0 spiro atoms. The number of hydrogen-bond donors (Lipinski definition) is 0. The van der Waals surface area contributed by atoms with Gasteiger partial charge in [-0.3, -0.25) is 0 Å². The second-order valence-electron chi connectivity index (χ2n) is 1.71. The molecule has 0 amide bonds. The van der Waals surface area contributed by atoms with Crippen molar-refractivity contribution < 1.29 is 9.47 Å². The molecule has 0 heterocycles. The van der Waals surface area contributed by atoms with Crippen LogP contribution in [0.5, 0.6) is 0 Å². The van der Waals surface area contributed by atoms with E-state index in [1.54, 1.807) is 13.2 Å². The van der Waals surface area contributed by atoms with Crippen molar-refractivity contribution in [2.75, 3.05) is 26.9 Å². The molecular formula is C7H14O2. The minimum absolute atomic E-state index is 0.643. The van der Waals surface area contributed by atoms with Crippen LogP contribution in [0.2, 0.25) is 0 Å². The molecule has 0 saturated heterocycles. The number of methoxy groups -OCH3 is 1. The summed E-state index contributed by atoms with van der Waals surface area (Å²) in [6.45, 7) is 5.70. The molecule has 2 heteroatoms. The van der Waals surface area contributed by atoms with Gasteiger partial charge in [-0.15, -0.1) is 6.58 Å². The molecule has 0 atom stereocenters. The zero-order valence-corrected chi connectivity index (χ0v) is 5.93. The van der Waals surface area contributed by atoms with Crippen LogP contribution in [0.1, 0.15) is 6.42 Å². The Kier molecular flexibility index (Phi) is 7.37. The average Bonchev–Trinajstić information content (AvgIpc) is 1.89. The van der Waals surface area contributed by atoms with Crippen molar-refractivity contribution in [3.63, 3.8) is 0 Å². The van der Waals surface area contributed by atoms with Crippen LogP contribution in [0.3, 0.4) is 0 Å². The van der Waals surface area contributed by atoms with E-state index < -0.39 is 0 Å². The lowest BCUT2D eigenvalue weighted by molar-refractivity contribution is 0.120. The van der Waals surface area contributed by atoms with E-state index >= 15 is 0 Å². The second-order valence-corrected chi connectivity index (χ2v) is 1.71. The van der Waals surface area contributed by atoms with Gasteiger partial charge in [-0.05, 0) is 6.42 Å². The molecule has 0 aromatic heterocycles. The normalized spacial score (nSPS) is 9.44. The topological polar surface area (TPSA) is 18.5 Å². The van der Waals surface area contributed by atoms with E-state index in [1.807, 2.05) is 0 Å². The molecule has 0 fully saturated rings. The maximum atomic E-state index is 5.09. The van der Waals surface area contributed by atoms with Gasteiger partial charge in [-0.1, -0.05) is 6.08 Å². The van der Waals surface area contributed by atoms with Crippen LogP contribution in [0.4, 0.5) is 0 Å². The maximum absolute atomic E-state index is 5.09. The van der Waals surface area contributed by atoms with Crippen molar-refractivity contribution in [1.29, 1.82) is 0 Å². The molecule has 54 valence electrons. The minimum Gasteiger partial charge on any atom is -0.385 e. The first kappa shape index (κ1) is 8.66. The van der Waals surface area contributed by atoms with E-state index in [-0.39, 0.29) is 0 Å². The van der Waals surface area contributed by atoms with Gasteiger partial charge in [-0.2, -0.15) is 0 Å². The van der Waals surface area contributed by atoms with Gasteiger partial charge in [-0.25, -0.2) is 0 Å². The Morgan fingerprint density at radius 2 is 2.22 bits per heavy atom. The van der Waals surface area contributed by atoms with E-state index in [1.165, 1.54) is 0 Å². The zero-order chi connectivity index (χ0) is 6.95. The van der Waals surface area contributed by atoms with Crippen LogP contribution >= 0.6 is 0 Å². The lowest BCUT2D eigenvalue weighted by Crippen LogP contribution is -1.98. The molecule has 0 aromatic rings. The largest absolute Gasteiger partial charge is 0.385 e. The molecule has 2 nitrogen and oxygen atoms in total. The molecular weight excluding hydrogens is 116 g/mol. The standard InChI is InChI=1S/C7H14O2/c1-3-5-9-7-4-6-8-2/h3H,1,4-7H2,2H3. The molecule has 0 aliphatic carbocycles. The summed E-state index contributed by atoms with van der Waals surface area (Å²) in [6, 6.07) is 0. The number of ether oxygens (including phenoxy) is 2. The third kappa shape index (κ3) is 7.66. The van der Waals surface area contributed by atoms with Crippen LogP contribution in [0.25, 0.3) is 0 Å². The summed E-state index contributed by atoms with van der Waals surface area (Å²) in [5.74, 6) is 0. The predicted molar refractivity (Wildman–Crippen MR) is 37.5 cm³/mol. The fraction of sp³-hybridized carbons (Fsp3) is 0.714. The summed E-state index contributed by atoms with van der Waals surface area (Å²) >= 11 is 0. The minimum atomic E-state index is 0.643. The quantitative estimate of drug-likeness (QED) is 0.397. The van der Waals surface area contributed by atoms with Gasteiger partial charge >= 0.3 is 0 Å².